The van der Waals surface area contributed by atoms with Crippen LogP contribution in [0.15, 0.2) is 22.7 Å². The highest BCUT2D eigenvalue weighted by molar-refractivity contribution is 9.10. The summed E-state index contributed by atoms with van der Waals surface area (Å²) in [5, 5.41) is 3.70. The molecule has 1 aromatic carbocycles. The molecule has 0 heterocycles. The fourth-order valence-corrected chi connectivity index (χ4v) is 2.92. The van der Waals surface area contributed by atoms with Gasteiger partial charge in [-0.05, 0) is 64.8 Å². The van der Waals surface area contributed by atoms with Crippen molar-refractivity contribution in [2.24, 2.45) is 11.8 Å². The smallest absolute Gasteiger partial charge is 0.133 e. The predicted octanol–water partition coefficient (Wildman–Crippen LogP) is 4.66. The third-order valence-electron chi connectivity index (χ3n) is 4.01. The van der Waals surface area contributed by atoms with Gasteiger partial charge in [0.2, 0.25) is 0 Å². The quantitative estimate of drug-likeness (QED) is 0.742. The van der Waals surface area contributed by atoms with Crippen LogP contribution in [0.5, 0.6) is 5.75 Å². The van der Waals surface area contributed by atoms with E-state index >= 15 is 0 Å². The van der Waals surface area contributed by atoms with E-state index in [1.807, 2.05) is 6.07 Å². The lowest BCUT2D eigenvalue weighted by Crippen LogP contribution is -2.39. The Hall–Kier alpha value is -0.540. The van der Waals surface area contributed by atoms with Gasteiger partial charge < -0.3 is 10.1 Å². The van der Waals surface area contributed by atoms with Gasteiger partial charge in [-0.3, -0.25) is 0 Å². The largest absolute Gasteiger partial charge is 0.496 e. The van der Waals surface area contributed by atoms with Crippen LogP contribution in [0, 0.1) is 11.8 Å². The van der Waals surface area contributed by atoms with E-state index in [1.54, 1.807) is 7.11 Å². The number of rotatable bonds is 8. The van der Waals surface area contributed by atoms with Crippen molar-refractivity contribution in [3.63, 3.8) is 0 Å². The molecule has 114 valence electrons. The molecule has 0 saturated carbocycles. The first-order valence-electron chi connectivity index (χ1n) is 7.55. The molecular formula is C17H28BrNO. The van der Waals surface area contributed by atoms with Crippen LogP contribution < -0.4 is 10.1 Å². The average molecular weight is 342 g/mol. The second-order valence-electron chi connectivity index (χ2n) is 5.84. The van der Waals surface area contributed by atoms with Crippen LogP contribution in [-0.2, 0) is 6.42 Å². The number of benzene rings is 1. The summed E-state index contributed by atoms with van der Waals surface area (Å²) < 4.78 is 6.32. The van der Waals surface area contributed by atoms with Gasteiger partial charge in [-0.1, -0.05) is 33.8 Å². The highest BCUT2D eigenvalue weighted by Gasteiger charge is 2.20. The van der Waals surface area contributed by atoms with E-state index in [2.05, 4.69) is 61.1 Å². The van der Waals surface area contributed by atoms with Crippen molar-refractivity contribution in [1.82, 2.24) is 5.32 Å². The van der Waals surface area contributed by atoms with E-state index in [9.17, 15) is 0 Å². The Morgan fingerprint density at radius 2 is 1.95 bits per heavy atom. The molecule has 0 fully saturated rings. The second kappa shape index (κ2) is 8.68. The molecule has 0 amide bonds. The van der Waals surface area contributed by atoms with Crippen molar-refractivity contribution in [1.29, 1.82) is 0 Å². The summed E-state index contributed by atoms with van der Waals surface area (Å²) in [4.78, 5) is 0. The van der Waals surface area contributed by atoms with Crippen LogP contribution in [0.2, 0.25) is 0 Å². The van der Waals surface area contributed by atoms with Gasteiger partial charge in [-0.15, -0.1) is 0 Å². The maximum Gasteiger partial charge on any atom is 0.133 e. The van der Waals surface area contributed by atoms with E-state index in [0.717, 1.165) is 23.2 Å². The third kappa shape index (κ3) is 5.10. The number of nitrogens with one attached hydrogen (secondary N) is 1. The standard InChI is InChI=1S/C17H28BrNO/c1-6-9-19-16(13(4)12(2)3)11-14-7-8-17(20-5)15(18)10-14/h7-8,10,12-13,16,19H,6,9,11H2,1-5H3. The maximum absolute atomic E-state index is 5.29. The molecule has 0 spiro atoms. The zero-order chi connectivity index (χ0) is 15.1. The first-order chi connectivity index (χ1) is 9.49. The zero-order valence-corrected chi connectivity index (χ0v) is 15.0. The van der Waals surface area contributed by atoms with Crippen LogP contribution in [0.3, 0.4) is 0 Å². The monoisotopic (exact) mass is 341 g/mol. The van der Waals surface area contributed by atoms with Crippen LogP contribution in [0.1, 0.15) is 39.7 Å². The number of hydrogen-bond acceptors (Lipinski definition) is 2. The zero-order valence-electron chi connectivity index (χ0n) is 13.4. The van der Waals surface area contributed by atoms with Crippen molar-refractivity contribution >= 4 is 15.9 Å². The summed E-state index contributed by atoms with van der Waals surface area (Å²) in [6.45, 7) is 10.2. The van der Waals surface area contributed by atoms with E-state index in [4.69, 9.17) is 4.74 Å². The molecule has 0 aliphatic rings. The SMILES string of the molecule is CCCNC(Cc1ccc(OC)c(Br)c1)C(C)C(C)C. The van der Waals surface area contributed by atoms with Gasteiger partial charge in [0.25, 0.3) is 0 Å². The van der Waals surface area contributed by atoms with Crippen LogP contribution in [0.4, 0.5) is 0 Å². The Morgan fingerprint density at radius 1 is 1.25 bits per heavy atom. The lowest BCUT2D eigenvalue weighted by Gasteiger charge is -2.28. The lowest BCUT2D eigenvalue weighted by atomic mass is 9.86. The number of ether oxygens (including phenoxy) is 1. The maximum atomic E-state index is 5.29. The molecule has 2 unspecified atom stereocenters. The molecule has 2 atom stereocenters. The molecule has 1 rings (SSSR count). The summed E-state index contributed by atoms with van der Waals surface area (Å²) in [6, 6.07) is 6.90. The minimum Gasteiger partial charge on any atom is -0.496 e. The second-order valence-corrected chi connectivity index (χ2v) is 6.69. The Morgan fingerprint density at radius 3 is 2.45 bits per heavy atom. The first kappa shape index (κ1) is 17.5. The minimum atomic E-state index is 0.523. The number of methoxy groups -OCH3 is 1. The molecule has 20 heavy (non-hydrogen) atoms. The molecule has 3 heteroatoms. The molecule has 0 saturated heterocycles. The summed E-state index contributed by atoms with van der Waals surface area (Å²) in [5.41, 5.74) is 1.35. The Balaban J connectivity index is 2.80. The van der Waals surface area contributed by atoms with Gasteiger partial charge in [0.15, 0.2) is 0 Å². The van der Waals surface area contributed by atoms with Crippen molar-refractivity contribution in [3.8, 4) is 5.75 Å². The summed E-state index contributed by atoms with van der Waals surface area (Å²) in [7, 11) is 1.70. The summed E-state index contributed by atoms with van der Waals surface area (Å²) in [6.07, 6.45) is 2.23. The summed E-state index contributed by atoms with van der Waals surface area (Å²) >= 11 is 3.57. The van der Waals surface area contributed by atoms with Gasteiger partial charge >= 0.3 is 0 Å². The third-order valence-corrected chi connectivity index (χ3v) is 4.63. The van der Waals surface area contributed by atoms with Crippen molar-refractivity contribution in [3.05, 3.63) is 28.2 Å². The summed E-state index contributed by atoms with van der Waals surface area (Å²) in [5.74, 6) is 2.23. The predicted molar refractivity (Wildman–Crippen MR) is 90.5 cm³/mol. The van der Waals surface area contributed by atoms with Crippen molar-refractivity contribution in [2.45, 2.75) is 46.6 Å². The average Bonchev–Trinajstić information content (AvgIpc) is 2.42. The highest BCUT2D eigenvalue weighted by Crippen LogP contribution is 2.27. The van der Waals surface area contributed by atoms with Gasteiger partial charge in [-0.25, -0.2) is 0 Å². The van der Waals surface area contributed by atoms with E-state index in [0.29, 0.717) is 17.9 Å². The van der Waals surface area contributed by atoms with Crippen molar-refractivity contribution < 1.29 is 4.74 Å². The minimum absolute atomic E-state index is 0.523. The molecule has 1 aromatic rings. The Kier molecular flexibility index (Phi) is 7.60. The molecule has 0 aromatic heterocycles. The van der Waals surface area contributed by atoms with Crippen LogP contribution in [0.25, 0.3) is 0 Å². The normalized spacial score (nSPS) is 14.3. The molecule has 0 aliphatic heterocycles. The lowest BCUT2D eigenvalue weighted by molar-refractivity contribution is 0.297. The van der Waals surface area contributed by atoms with E-state index < -0.39 is 0 Å². The molecule has 0 bridgehead atoms. The van der Waals surface area contributed by atoms with Crippen molar-refractivity contribution in [2.75, 3.05) is 13.7 Å². The number of hydrogen-bond donors (Lipinski definition) is 1. The first-order valence-corrected chi connectivity index (χ1v) is 8.34. The molecule has 0 radical (unpaired) electrons. The molecular weight excluding hydrogens is 314 g/mol. The van der Waals surface area contributed by atoms with Gasteiger partial charge in [0.1, 0.15) is 5.75 Å². The molecule has 2 nitrogen and oxygen atoms in total. The molecule has 1 N–H and O–H groups in total. The van der Waals surface area contributed by atoms with Crippen LogP contribution >= 0.6 is 15.9 Å². The Bertz CT molecular complexity index is 406. The van der Waals surface area contributed by atoms with Gasteiger partial charge in [-0.2, -0.15) is 0 Å². The fourth-order valence-electron chi connectivity index (χ4n) is 2.33. The number of halogens is 1. The fraction of sp³-hybridized carbons (Fsp3) is 0.647. The highest BCUT2D eigenvalue weighted by atomic mass is 79.9. The molecule has 0 aliphatic carbocycles. The van der Waals surface area contributed by atoms with Gasteiger partial charge in [0, 0.05) is 6.04 Å². The van der Waals surface area contributed by atoms with E-state index in [1.165, 1.54) is 12.0 Å². The topological polar surface area (TPSA) is 21.3 Å². The Labute approximate surface area is 132 Å². The van der Waals surface area contributed by atoms with E-state index in [-0.39, 0.29) is 0 Å². The van der Waals surface area contributed by atoms with Crippen LogP contribution in [-0.4, -0.2) is 19.7 Å². The van der Waals surface area contributed by atoms with Gasteiger partial charge in [0.05, 0.1) is 11.6 Å².